The zero-order valence-electron chi connectivity index (χ0n) is 19.1. The van der Waals surface area contributed by atoms with Gasteiger partial charge < -0.3 is 15.2 Å². The van der Waals surface area contributed by atoms with Gasteiger partial charge in [-0.2, -0.15) is 0 Å². The highest BCUT2D eigenvalue weighted by Gasteiger charge is 2.30. The summed E-state index contributed by atoms with van der Waals surface area (Å²) in [6, 6.07) is 26.4. The lowest BCUT2D eigenvalue weighted by atomic mass is 10.1. The Balaban J connectivity index is 1.25. The minimum absolute atomic E-state index is 0.159. The second kappa shape index (κ2) is 10.6. The molecule has 0 radical (unpaired) electrons. The summed E-state index contributed by atoms with van der Waals surface area (Å²) in [4.78, 5) is 25.6. The lowest BCUT2D eigenvalue weighted by Gasteiger charge is -2.12. The predicted octanol–water partition coefficient (Wildman–Crippen LogP) is 5.19. The van der Waals surface area contributed by atoms with E-state index in [0.717, 1.165) is 23.8 Å². The Bertz CT molecular complexity index is 1320. The van der Waals surface area contributed by atoms with Crippen molar-refractivity contribution in [3.8, 4) is 0 Å². The van der Waals surface area contributed by atoms with Crippen LogP contribution < -0.4 is 10.6 Å². The van der Waals surface area contributed by atoms with E-state index in [1.807, 2.05) is 48.5 Å². The number of nitrogens with zero attached hydrogens (tertiary/aromatic N) is 3. The summed E-state index contributed by atoms with van der Waals surface area (Å²) in [5.41, 5.74) is 2.73. The van der Waals surface area contributed by atoms with E-state index in [4.69, 9.17) is 0 Å². The van der Waals surface area contributed by atoms with Gasteiger partial charge in [-0.25, -0.2) is 0 Å². The molecule has 2 amide bonds. The van der Waals surface area contributed by atoms with Gasteiger partial charge in [0.2, 0.25) is 5.91 Å². The number of carbonyl (C=O) groups excluding carboxylic acids is 2. The Kier molecular flexibility index (Phi) is 6.90. The van der Waals surface area contributed by atoms with Gasteiger partial charge in [-0.3, -0.25) is 9.59 Å². The molecule has 176 valence electrons. The zero-order valence-corrected chi connectivity index (χ0v) is 19.9. The molecule has 1 heterocycles. The fraction of sp³-hybridized carbons (Fsp3) is 0.185. The summed E-state index contributed by atoms with van der Waals surface area (Å²) in [6.07, 6.45) is 2.25. The topological polar surface area (TPSA) is 88.9 Å². The van der Waals surface area contributed by atoms with Gasteiger partial charge >= 0.3 is 0 Å². The Labute approximate surface area is 208 Å². The van der Waals surface area contributed by atoms with E-state index in [-0.39, 0.29) is 17.6 Å². The number of hydrogen-bond donors (Lipinski definition) is 2. The molecule has 3 aromatic carbocycles. The molecule has 0 saturated heterocycles. The van der Waals surface area contributed by atoms with Crippen LogP contribution in [0.25, 0.3) is 0 Å². The number of rotatable bonds is 9. The van der Waals surface area contributed by atoms with Crippen LogP contribution in [-0.2, 0) is 11.3 Å². The molecule has 0 bridgehead atoms. The highest BCUT2D eigenvalue weighted by Crippen LogP contribution is 2.40. The molecule has 0 spiro atoms. The number of hydrogen-bond acceptors (Lipinski definition) is 5. The van der Waals surface area contributed by atoms with Crippen LogP contribution in [-0.4, -0.2) is 32.3 Å². The van der Waals surface area contributed by atoms with E-state index in [0.29, 0.717) is 29.4 Å². The minimum Gasteiger partial charge on any atom is -0.325 e. The second-order valence-electron chi connectivity index (χ2n) is 8.39. The molecule has 1 aliphatic carbocycles. The number of anilines is 2. The molecule has 2 N–H and O–H groups in total. The monoisotopic (exact) mass is 483 g/mol. The molecule has 1 saturated carbocycles. The second-order valence-corrected chi connectivity index (χ2v) is 9.33. The normalized spacial score (nSPS) is 12.8. The molecule has 7 nitrogen and oxygen atoms in total. The molecule has 4 aromatic rings. The quantitative estimate of drug-likeness (QED) is 0.320. The molecule has 1 aromatic heterocycles. The van der Waals surface area contributed by atoms with Crippen LogP contribution in [0, 0.1) is 0 Å². The number of amides is 2. The standard InChI is InChI=1S/C27H25N5O2S/c33-24(29-23-14-8-7-13-22(23)26(34)28-21-11-5-2-6-12-21)18-35-27-31-30-25(20-15-16-20)32(27)17-19-9-3-1-4-10-19/h1-14,20H,15-18H2,(H,28,34)(H,29,33). The van der Waals surface area contributed by atoms with Crippen LogP contribution in [0.2, 0.25) is 0 Å². The van der Waals surface area contributed by atoms with Crippen LogP contribution >= 0.6 is 11.8 Å². The first-order valence-corrected chi connectivity index (χ1v) is 12.5. The molecule has 0 aliphatic heterocycles. The third-order valence-electron chi connectivity index (χ3n) is 5.68. The summed E-state index contributed by atoms with van der Waals surface area (Å²) < 4.78 is 2.12. The molecule has 0 unspecified atom stereocenters. The number of benzene rings is 3. The smallest absolute Gasteiger partial charge is 0.257 e. The molecule has 35 heavy (non-hydrogen) atoms. The Morgan fingerprint density at radius 1 is 0.857 bits per heavy atom. The van der Waals surface area contributed by atoms with Crippen molar-refractivity contribution in [3.05, 3.63) is 102 Å². The van der Waals surface area contributed by atoms with Gasteiger partial charge in [-0.1, -0.05) is 72.4 Å². The Morgan fingerprint density at radius 2 is 1.54 bits per heavy atom. The fourth-order valence-electron chi connectivity index (χ4n) is 3.79. The van der Waals surface area contributed by atoms with E-state index >= 15 is 0 Å². The third kappa shape index (κ3) is 5.78. The Hall–Kier alpha value is -3.91. The van der Waals surface area contributed by atoms with Crippen LogP contribution in [0.5, 0.6) is 0 Å². The van der Waals surface area contributed by atoms with E-state index < -0.39 is 0 Å². The third-order valence-corrected chi connectivity index (χ3v) is 6.65. The molecule has 8 heteroatoms. The van der Waals surface area contributed by atoms with Crippen molar-refractivity contribution in [2.75, 3.05) is 16.4 Å². The maximum atomic E-state index is 12.8. The van der Waals surface area contributed by atoms with E-state index in [9.17, 15) is 9.59 Å². The zero-order chi connectivity index (χ0) is 24.0. The number of aromatic nitrogens is 3. The van der Waals surface area contributed by atoms with Gasteiger partial charge in [0, 0.05) is 11.6 Å². The summed E-state index contributed by atoms with van der Waals surface area (Å²) in [7, 11) is 0. The number of nitrogens with one attached hydrogen (secondary N) is 2. The SMILES string of the molecule is O=C(CSc1nnc(C2CC2)n1Cc1ccccc1)Nc1ccccc1C(=O)Nc1ccccc1. The maximum absolute atomic E-state index is 12.8. The van der Waals surface area contributed by atoms with Crippen LogP contribution in [0.3, 0.4) is 0 Å². The van der Waals surface area contributed by atoms with Gasteiger partial charge in [0.05, 0.1) is 23.5 Å². The maximum Gasteiger partial charge on any atom is 0.257 e. The van der Waals surface area contributed by atoms with Crippen molar-refractivity contribution in [3.63, 3.8) is 0 Å². The van der Waals surface area contributed by atoms with Gasteiger partial charge in [0.1, 0.15) is 5.82 Å². The van der Waals surface area contributed by atoms with Crippen LogP contribution in [0.15, 0.2) is 90.1 Å². The largest absolute Gasteiger partial charge is 0.325 e. The van der Waals surface area contributed by atoms with Crippen molar-refractivity contribution in [1.29, 1.82) is 0 Å². The van der Waals surface area contributed by atoms with E-state index in [1.165, 1.54) is 17.3 Å². The van der Waals surface area contributed by atoms with Gasteiger partial charge in [0.25, 0.3) is 5.91 Å². The first kappa shape index (κ1) is 22.9. The summed E-state index contributed by atoms with van der Waals surface area (Å²) in [5, 5.41) is 15.3. The number of para-hydroxylation sites is 2. The summed E-state index contributed by atoms with van der Waals surface area (Å²) in [6.45, 7) is 0.673. The molecular weight excluding hydrogens is 458 g/mol. The van der Waals surface area contributed by atoms with Gasteiger partial charge in [-0.15, -0.1) is 10.2 Å². The lowest BCUT2D eigenvalue weighted by Crippen LogP contribution is -2.19. The number of carbonyl (C=O) groups is 2. The molecule has 1 aliphatic rings. The first-order chi connectivity index (χ1) is 17.2. The van der Waals surface area contributed by atoms with Crippen molar-refractivity contribution < 1.29 is 9.59 Å². The van der Waals surface area contributed by atoms with E-state index in [1.54, 1.807) is 24.3 Å². The van der Waals surface area contributed by atoms with Gasteiger partial charge in [0.15, 0.2) is 5.16 Å². The highest BCUT2D eigenvalue weighted by atomic mass is 32.2. The fourth-order valence-corrected chi connectivity index (χ4v) is 4.54. The lowest BCUT2D eigenvalue weighted by molar-refractivity contribution is -0.113. The molecule has 0 atom stereocenters. The van der Waals surface area contributed by atoms with Crippen molar-refractivity contribution in [1.82, 2.24) is 14.8 Å². The Morgan fingerprint density at radius 3 is 2.29 bits per heavy atom. The van der Waals surface area contributed by atoms with Crippen molar-refractivity contribution >= 4 is 35.0 Å². The molecular formula is C27H25N5O2S. The predicted molar refractivity (Wildman–Crippen MR) is 138 cm³/mol. The highest BCUT2D eigenvalue weighted by molar-refractivity contribution is 7.99. The van der Waals surface area contributed by atoms with Gasteiger partial charge in [-0.05, 0) is 42.7 Å². The van der Waals surface area contributed by atoms with Crippen molar-refractivity contribution in [2.24, 2.45) is 0 Å². The summed E-state index contributed by atoms with van der Waals surface area (Å²) >= 11 is 1.35. The van der Waals surface area contributed by atoms with Crippen molar-refractivity contribution in [2.45, 2.75) is 30.5 Å². The minimum atomic E-state index is -0.281. The first-order valence-electron chi connectivity index (χ1n) is 11.5. The average Bonchev–Trinajstić information content (AvgIpc) is 3.65. The summed E-state index contributed by atoms with van der Waals surface area (Å²) in [5.74, 6) is 1.10. The number of thioether (sulfide) groups is 1. The van der Waals surface area contributed by atoms with Crippen LogP contribution in [0.1, 0.15) is 40.5 Å². The average molecular weight is 484 g/mol. The van der Waals surface area contributed by atoms with Crippen LogP contribution in [0.4, 0.5) is 11.4 Å². The molecule has 1 fully saturated rings. The molecule has 5 rings (SSSR count). The van der Waals surface area contributed by atoms with E-state index in [2.05, 4.69) is 37.5 Å².